The van der Waals surface area contributed by atoms with E-state index < -0.39 is 11.9 Å². The summed E-state index contributed by atoms with van der Waals surface area (Å²) in [6.07, 6.45) is 0. The highest BCUT2D eigenvalue weighted by Gasteiger charge is 2.17. The summed E-state index contributed by atoms with van der Waals surface area (Å²) in [5.41, 5.74) is 6.28. The fraction of sp³-hybridized carbons (Fsp3) is 0.278. The number of nitrogens with two attached hydrogens (primary N) is 1. The number of hydrogen-bond donors (Lipinski definition) is 2. The molecule has 0 saturated heterocycles. The molecule has 2 aromatic carbocycles. The van der Waals surface area contributed by atoms with Crippen molar-refractivity contribution in [3.63, 3.8) is 0 Å². The van der Waals surface area contributed by atoms with Crippen LogP contribution in [0.15, 0.2) is 48.5 Å². The van der Waals surface area contributed by atoms with Gasteiger partial charge in [0.2, 0.25) is 5.91 Å². The van der Waals surface area contributed by atoms with E-state index in [1.54, 1.807) is 25.1 Å². The number of ether oxygens (including phenoxy) is 2. The van der Waals surface area contributed by atoms with Gasteiger partial charge in [0.05, 0.1) is 12.6 Å². The van der Waals surface area contributed by atoms with Crippen LogP contribution in [-0.4, -0.2) is 25.7 Å². The zero-order valence-electron chi connectivity index (χ0n) is 13.7. The Morgan fingerprint density at radius 3 is 2.58 bits per heavy atom. The predicted octanol–water partition coefficient (Wildman–Crippen LogP) is 2.77. The number of methoxy groups -OCH3 is 1. The van der Waals surface area contributed by atoms with Crippen LogP contribution in [0.5, 0.6) is 11.5 Å². The quantitative estimate of drug-likeness (QED) is 0.818. The number of amides is 1. The standard InChI is InChI=1S/C18H21FN2O3/c1-12(21-18(22)16(20)11-23-2)13-8-9-17(15(19)10-13)24-14-6-4-3-5-7-14/h3-10,12,16H,11,20H2,1-2H3,(H,21,22). The highest BCUT2D eigenvalue weighted by Crippen LogP contribution is 2.26. The van der Waals surface area contributed by atoms with Crippen LogP contribution < -0.4 is 15.8 Å². The third-order valence-electron chi connectivity index (χ3n) is 3.47. The zero-order chi connectivity index (χ0) is 17.5. The first-order chi connectivity index (χ1) is 11.5. The minimum absolute atomic E-state index is 0.122. The molecule has 24 heavy (non-hydrogen) atoms. The van der Waals surface area contributed by atoms with Crippen molar-refractivity contribution in [3.8, 4) is 11.5 Å². The van der Waals surface area contributed by atoms with Crippen LogP contribution in [0, 0.1) is 5.82 Å². The molecule has 2 aromatic rings. The molecule has 3 N–H and O–H groups in total. The van der Waals surface area contributed by atoms with Crippen LogP contribution in [0.25, 0.3) is 0 Å². The first-order valence-electron chi connectivity index (χ1n) is 7.58. The van der Waals surface area contributed by atoms with Crippen molar-refractivity contribution in [2.75, 3.05) is 13.7 Å². The van der Waals surface area contributed by atoms with Crippen LogP contribution in [-0.2, 0) is 9.53 Å². The molecule has 0 aliphatic rings. The lowest BCUT2D eigenvalue weighted by molar-refractivity contribution is -0.124. The van der Waals surface area contributed by atoms with E-state index in [-0.39, 0.29) is 24.3 Å². The van der Waals surface area contributed by atoms with Gasteiger partial charge in [-0.15, -0.1) is 0 Å². The third-order valence-corrected chi connectivity index (χ3v) is 3.47. The van der Waals surface area contributed by atoms with Gasteiger partial charge in [-0.1, -0.05) is 24.3 Å². The maximum absolute atomic E-state index is 14.2. The minimum Gasteiger partial charge on any atom is -0.454 e. The molecule has 0 aliphatic carbocycles. The largest absolute Gasteiger partial charge is 0.454 e. The van der Waals surface area contributed by atoms with E-state index in [0.717, 1.165) is 0 Å². The molecule has 128 valence electrons. The third kappa shape index (κ3) is 4.78. The first kappa shape index (κ1) is 17.9. The molecule has 0 saturated carbocycles. The molecule has 2 unspecified atom stereocenters. The van der Waals surface area contributed by atoms with Gasteiger partial charge in [0.25, 0.3) is 0 Å². The van der Waals surface area contributed by atoms with Crippen LogP contribution in [0.4, 0.5) is 4.39 Å². The number of carbonyl (C=O) groups excluding carboxylic acids is 1. The molecule has 0 radical (unpaired) electrons. The molecule has 0 fully saturated rings. The SMILES string of the molecule is COCC(N)C(=O)NC(C)c1ccc(Oc2ccccc2)c(F)c1. The van der Waals surface area contributed by atoms with Gasteiger partial charge in [-0.2, -0.15) is 0 Å². The Morgan fingerprint density at radius 1 is 1.25 bits per heavy atom. The second-order valence-corrected chi connectivity index (χ2v) is 5.40. The summed E-state index contributed by atoms with van der Waals surface area (Å²) in [6.45, 7) is 1.88. The summed E-state index contributed by atoms with van der Waals surface area (Å²) in [7, 11) is 1.47. The zero-order valence-corrected chi connectivity index (χ0v) is 13.7. The molecule has 0 aliphatic heterocycles. The smallest absolute Gasteiger partial charge is 0.239 e. The fourth-order valence-electron chi connectivity index (χ4n) is 2.14. The van der Waals surface area contributed by atoms with E-state index in [9.17, 15) is 9.18 Å². The van der Waals surface area contributed by atoms with Gasteiger partial charge in [-0.3, -0.25) is 4.79 Å². The highest BCUT2D eigenvalue weighted by molar-refractivity contribution is 5.82. The lowest BCUT2D eigenvalue weighted by Gasteiger charge is -2.18. The number of nitrogens with one attached hydrogen (secondary N) is 1. The lowest BCUT2D eigenvalue weighted by atomic mass is 10.1. The molecule has 2 rings (SSSR count). The Hall–Kier alpha value is -2.44. The van der Waals surface area contributed by atoms with Gasteiger partial charge in [0, 0.05) is 7.11 Å². The topological polar surface area (TPSA) is 73.6 Å². The van der Waals surface area contributed by atoms with Crippen molar-refractivity contribution >= 4 is 5.91 Å². The molecule has 0 spiro atoms. The Morgan fingerprint density at radius 2 is 1.96 bits per heavy atom. The van der Waals surface area contributed by atoms with Gasteiger partial charge >= 0.3 is 0 Å². The van der Waals surface area contributed by atoms with Gasteiger partial charge < -0.3 is 20.5 Å². The number of carbonyl (C=O) groups is 1. The minimum atomic E-state index is -0.761. The molecule has 6 heteroatoms. The molecular weight excluding hydrogens is 311 g/mol. The average Bonchev–Trinajstić information content (AvgIpc) is 2.57. The Balaban J connectivity index is 2.04. The van der Waals surface area contributed by atoms with Gasteiger partial charge in [-0.25, -0.2) is 4.39 Å². The Bertz CT molecular complexity index is 679. The number of benzene rings is 2. The summed E-state index contributed by atoms with van der Waals surface area (Å²) < 4.78 is 24.6. The summed E-state index contributed by atoms with van der Waals surface area (Å²) >= 11 is 0. The van der Waals surface area contributed by atoms with E-state index in [4.69, 9.17) is 15.2 Å². The van der Waals surface area contributed by atoms with Crippen LogP contribution in [0.1, 0.15) is 18.5 Å². The van der Waals surface area contributed by atoms with Gasteiger partial charge in [-0.05, 0) is 36.8 Å². The molecule has 0 aromatic heterocycles. The van der Waals surface area contributed by atoms with E-state index in [2.05, 4.69) is 5.32 Å². The molecule has 0 heterocycles. The van der Waals surface area contributed by atoms with Crippen molar-refractivity contribution in [1.29, 1.82) is 0 Å². The number of rotatable bonds is 7. The summed E-state index contributed by atoms with van der Waals surface area (Å²) in [5, 5.41) is 2.73. The van der Waals surface area contributed by atoms with E-state index in [1.165, 1.54) is 19.2 Å². The maximum Gasteiger partial charge on any atom is 0.239 e. The lowest BCUT2D eigenvalue weighted by Crippen LogP contribution is -2.44. The van der Waals surface area contributed by atoms with Crippen molar-refractivity contribution in [1.82, 2.24) is 5.32 Å². The fourth-order valence-corrected chi connectivity index (χ4v) is 2.14. The number of para-hydroxylation sites is 1. The van der Waals surface area contributed by atoms with Gasteiger partial charge in [0.1, 0.15) is 11.8 Å². The Kier molecular flexibility index (Phi) is 6.28. The molecule has 0 bridgehead atoms. The van der Waals surface area contributed by atoms with E-state index in [0.29, 0.717) is 11.3 Å². The molecular formula is C18H21FN2O3. The van der Waals surface area contributed by atoms with E-state index >= 15 is 0 Å². The monoisotopic (exact) mass is 332 g/mol. The van der Waals surface area contributed by atoms with Crippen LogP contribution in [0.2, 0.25) is 0 Å². The molecule has 1 amide bonds. The van der Waals surface area contributed by atoms with Crippen molar-refractivity contribution in [2.45, 2.75) is 19.0 Å². The second-order valence-electron chi connectivity index (χ2n) is 5.40. The van der Waals surface area contributed by atoms with Crippen molar-refractivity contribution in [2.24, 2.45) is 5.73 Å². The summed E-state index contributed by atoms with van der Waals surface area (Å²) in [6, 6.07) is 12.4. The summed E-state index contributed by atoms with van der Waals surface area (Å²) in [5.74, 6) is -0.177. The highest BCUT2D eigenvalue weighted by atomic mass is 19.1. The Labute approximate surface area is 140 Å². The predicted molar refractivity (Wildman–Crippen MR) is 89.3 cm³/mol. The number of halogens is 1. The molecule has 2 atom stereocenters. The normalized spacial score (nSPS) is 13.2. The molecule has 5 nitrogen and oxygen atoms in total. The van der Waals surface area contributed by atoms with Crippen LogP contribution in [0.3, 0.4) is 0 Å². The summed E-state index contributed by atoms with van der Waals surface area (Å²) in [4.78, 5) is 11.9. The van der Waals surface area contributed by atoms with Crippen molar-refractivity contribution < 1.29 is 18.7 Å². The first-order valence-corrected chi connectivity index (χ1v) is 7.58. The van der Waals surface area contributed by atoms with Crippen molar-refractivity contribution in [3.05, 3.63) is 59.9 Å². The van der Waals surface area contributed by atoms with Crippen LogP contribution >= 0.6 is 0 Å². The second kappa shape index (κ2) is 8.42. The van der Waals surface area contributed by atoms with E-state index in [1.807, 2.05) is 18.2 Å². The maximum atomic E-state index is 14.2. The van der Waals surface area contributed by atoms with Gasteiger partial charge in [0.15, 0.2) is 11.6 Å². The number of hydrogen-bond acceptors (Lipinski definition) is 4. The average molecular weight is 332 g/mol.